The maximum atomic E-state index is 13.1. The second-order valence-electron chi connectivity index (χ2n) is 7.93. The van der Waals surface area contributed by atoms with Crippen LogP contribution in [-0.2, 0) is 24.3 Å². The van der Waals surface area contributed by atoms with Crippen molar-refractivity contribution in [3.05, 3.63) is 75.3 Å². The Balaban J connectivity index is 1.39. The fourth-order valence-corrected chi connectivity index (χ4v) is 4.53. The Morgan fingerprint density at radius 3 is 2.82 bits per heavy atom. The molecule has 0 spiro atoms. The van der Waals surface area contributed by atoms with Crippen molar-refractivity contribution >= 4 is 11.6 Å². The number of carbonyl (C=O) groups is 1. The van der Waals surface area contributed by atoms with E-state index in [0.29, 0.717) is 6.54 Å². The molecule has 0 bridgehead atoms. The standard InChI is InChI=1S/C22H25N3O3/c26-22(24-12-10-18-6-1-2-7-19(18)16-24)20-8-4-11-23(15-20)14-17-5-3-9-21(13-17)25(27)28/h1-3,5-7,9,13,20H,4,8,10-12,14-16H2/p+1/t20-/m0/s1. The molecular weight excluding hydrogens is 354 g/mol. The second-order valence-corrected chi connectivity index (χ2v) is 7.93. The minimum Gasteiger partial charge on any atom is -0.338 e. The fourth-order valence-electron chi connectivity index (χ4n) is 4.53. The molecule has 1 N–H and O–H groups in total. The smallest absolute Gasteiger partial charge is 0.269 e. The molecule has 2 aromatic rings. The van der Waals surface area contributed by atoms with Crippen molar-refractivity contribution in [2.45, 2.75) is 32.4 Å². The lowest BCUT2D eigenvalue weighted by atomic mass is 9.93. The van der Waals surface area contributed by atoms with Gasteiger partial charge >= 0.3 is 0 Å². The number of piperidine rings is 1. The Morgan fingerprint density at radius 1 is 1.18 bits per heavy atom. The highest BCUT2D eigenvalue weighted by molar-refractivity contribution is 5.79. The summed E-state index contributed by atoms with van der Waals surface area (Å²) in [5.41, 5.74) is 3.71. The molecular formula is C22H26N3O3+. The van der Waals surface area contributed by atoms with Crippen LogP contribution in [0.4, 0.5) is 5.69 Å². The van der Waals surface area contributed by atoms with E-state index in [1.165, 1.54) is 22.1 Å². The summed E-state index contributed by atoms with van der Waals surface area (Å²) in [6.45, 7) is 4.06. The maximum Gasteiger partial charge on any atom is 0.269 e. The van der Waals surface area contributed by atoms with Crippen molar-refractivity contribution in [1.82, 2.24) is 4.90 Å². The van der Waals surface area contributed by atoms with E-state index in [1.807, 2.05) is 17.0 Å². The van der Waals surface area contributed by atoms with E-state index < -0.39 is 0 Å². The number of hydrogen-bond acceptors (Lipinski definition) is 3. The first-order valence-corrected chi connectivity index (χ1v) is 10.0. The Bertz CT molecular complexity index is 883. The number of amides is 1. The van der Waals surface area contributed by atoms with Crippen molar-refractivity contribution in [1.29, 1.82) is 0 Å². The van der Waals surface area contributed by atoms with Crippen LogP contribution in [-0.4, -0.2) is 35.4 Å². The van der Waals surface area contributed by atoms with Gasteiger partial charge in [-0.2, -0.15) is 0 Å². The first kappa shape index (κ1) is 18.6. The minimum absolute atomic E-state index is 0.0488. The van der Waals surface area contributed by atoms with E-state index in [4.69, 9.17) is 0 Å². The summed E-state index contributed by atoms with van der Waals surface area (Å²) in [6, 6.07) is 15.2. The number of quaternary nitrogens is 1. The third-order valence-corrected chi connectivity index (χ3v) is 5.99. The topological polar surface area (TPSA) is 67.9 Å². The largest absolute Gasteiger partial charge is 0.338 e. The van der Waals surface area contributed by atoms with E-state index in [0.717, 1.165) is 51.0 Å². The number of non-ortho nitro benzene ring substituents is 1. The number of nitro benzene ring substituents is 1. The molecule has 146 valence electrons. The lowest BCUT2D eigenvalue weighted by molar-refractivity contribution is -0.921. The Morgan fingerprint density at radius 2 is 2.00 bits per heavy atom. The quantitative estimate of drug-likeness (QED) is 0.651. The van der Waals surface area contributed by atoms with Crippen molar-refractivity contribution in [2.24, 2.45) is 5.92 Å². The number of nitrogens with zero attached hydrogens (tertiary/aromatic N) is 2. The number of nitrogens with one attached hydrogen (secondary N) is 1. The van der Waals surface area contributed by atoms with Gasteiger partial charge in [0.05, 0.1) is 23.9 Å². The highest BCUT2D eigenvalue weighted by atomic mass is 16.6. The van der Waals surface area contributed by atoms with Crippen molar-refractivity contribution in [3.63, 3.8) is 0 Å². The van der Waals surface area contributed by atoms with Gasteiger partial charge in [0.1, 0.15) is 6.54 Å². The van der Waals surface area contributed by atoms with Gasteiger partial charge in [-0.15, -0.1) is 0 Å². The van der Waals surface area contributed by atoms with Gasteiger partial charge in [0.15, 0.2) is 0 Å². The third-order valence-electron chi connectivity index (χ3n) is 5.99. The summed E-state index contributed by atoms with van der Waals surface area (Å²) in [5, 5.41) is 11.0. The Hall–Kier alpha value is -2.73. The molecule has 6 nitrogen and oxygen atoms in total. The minimum atomic E-state index is -0.352. The first-order chi connectivity index (χ1) is 13.6. The van der Waals surface area contributed by atoms with Crippen molar-refractivity contribution < 1.29 is 14.6 Å². The number of benzene rings is 2. The normalized spacial score (nSPS) is 21.8. The molecule has 2 aromatic carbocycles. The average molecular weight is 380 g/mol. The maximum absolute atomic E-state index is 13.1. The van der Waals surface area contributed by atoms with Gasteiger partial charge < -0.3 is 9.80 Å². The molecule has 0 radical (unpaired) electrons. The summed E-state index contributed by atoms with van der Waals surface area (Å²) in [4.78, 5) is 27.1. The average Bonchev–Trinajstić information content (AvgIpc) is 2.73. The summed E-state index contributed by atoms with van der Waals surface area (Å²) in [5.74, 6) is 0.318. The van der Waals surface area contributed by atoms with Crippen LogP contribution in [0.5, 0.6) is 0 Å². The zero-order valence-electron chi connectivity index (χ0n) is 16.0. The predicted molar refractivity (Wildman–Crippen MR) is 106 cm³/mol. The molecule has 1 amide bonds. The van der Waals surface area contributed by atoms with Gasteiger partial charge in [-0.3, -0.25) is 14.9 Å². The zero-order chi connectivity index (χ0) is 19.5. The molecule has 1 fully saturated rings. The monoisotopic (exact) mass is 380 g/mol. The molecule has 0 saturated carbocycles. The molecule has 2 aliphatic heterocycles. The van der Waals surface area contributed by atoms with Crippen molar-refractivity contribution in [2.75, 3.05) is 19.6 Å². The highest BCUT2D eigenvalue weighted by Gasteiger charge is 2.33. The lowest BCUT2D eigenvalue weighted by Gasteiger charge is -2.35. The SMILES string of the molecule is O=C([C@H]1CCC[NH+](Cc2cccc([N+](=O)[O-])c2)C1)N1CCc2ccccc2C1. The van der Waals surface area contributed by atoms with Crippen LogP contribution in [0.1, 0.15) is 29.5 Å². The summed E-state index contributed by atoms with van der Waals surface area (Å²) >= 11 is 0. The Labute approximate surface area is 164 Å². The van der Waals surface area contributed by atoms with Crippen LogP contribution in [0.25, 0.3) is 0 Å². The van der Waals surface area contributed by atoms with E-state index in [-0.39, 0.29) is 22.4 Å². The second kappa shape index (κ2) is 8.10. The van der Waals surface area contributed by atoms with Gasteiger partial charge in [-0.1, -0.05) is 36.4 Å². The molecule has 28 heavy (non-hydrogen) atoms. The highest BCUT2D eigenvalue weighted by Crippen LogP contribution is 2.22. The third kappa shape index (κ3) is 4.07. The number of likely N-dealkylation sites (tertiary alicyclic amines) is 1. The molecule has 0 aliphatic carbocycles. The number of nitro groups is 1. The van der Waals surface area contributed by atoms with Gasteiger partial charge in [0.2, 0.25) is 5.91 Å². The number of carbonyl (C=O) groups excluding carboxylic acids is 1. The summed E-state index contributed by atoms with van der Waals surface area (Å²) in [6.07, 6.45) is 2.89. The summed E-state index contributed by atoms with van der Waals surface area (Å²) < 4.78 is 0. The van der Waals surface area contributed by atoms with Crippen LogP contribution in [0, 0.1) is 16.0 Å². The van der Waals surface area contributed by atoms with E-state index in [2.05, 4.69) is 18.2 Å². The molecule has 2 atom stereocenters. The summed E-state index contributed by atoms with van der Waals surface area (Å²) in [7, 11) is 0. The molecule has 2 aliphatic rings. The van der Waals surface area contributed by atoms with Gasteiger partial charge in [0, 0.05) is 30.8 Å². The molecule has 4 rings (SSSR count). The van der Waals surface area contributed by atoms with Crippen LogP contribution in [0.15, 0.2) is 48.5 Å². The Kier molecular flexibility index (Phi) is 5.39. The predicted octanol–water partition coefficient (Wildman–Crippen LogP) is 1.97. The molecule has 6 heteroatoms. The van der Waals surface area contributed by atoms with E-state index >= 15 is 0 Å². The fraction of sp³-hybridized carbons (Fsp3) is 0.409. The lowest BCUT2D eigenvalue weighted by Crippen LogP contribution is -3.12. The molecule has 0 aromatic heterocycles. The first-order valence-electron chi connectivity index (χ1n) is 10.0. The van der Waals surface area contributed by atoms with Gasteiger partial charge in [0.25, 0.3) is 5.69 Å². The van der Waals surface area contributed by atoms with E-state index in [1.54, 1.807) is 12.1 Å². The van der Waals surface area contributed by atoms with E-state index in [9.17, 15) is 14.9 Å². The van der Waals surface area contributed by atoms with Crippen molar-refractivity contribution in [3.8, 4) is 0 Å². The molecule has 1 unspecified atom stereocenters. The molecule has 1 saturated heterocycles. The van der Waals surface area contributed by atoms with Crippen LogP contribution in [0.3, 0.4) is 0 Å². The van der Waals surface area contributed by atoms with Crippen LogP contribution >= 0.6 is 0 Å². The van der Waals surface area contributed by atoms with Gasteiger partial charge in [-0.05, 0) is 30.4 Å². The van der Waals surface area contributed by atoms with Gasteiger partial charge in [-0.25, -0.2) is 0 Å². The van der Waals surface area contributed by atoms with Crippen LogP contribution in [0.2, 0.25) is 0 Å². The zero-order valence-corrected chi connectivity index (χ0v) is 16.0. The number of fused-ring (bicyclic) bond motifs is 1. The number of hydrogen-bond donors (Lipinski definition) is 1. The molecule has 2 heterocycles. The van der Waals surface area contributed by atoms with Crippen LogP contribution < -0.4 is 4.90 Å². The number of rotatable bonds is 4.